The maximum absolute atomic E-state index is 12.4. The topological polar surface area (TPSA) is 57.6 Å². The van der Waals surface area contributed by atoms with E-state index in [1.54, 1.807) is 0 Å². The van der Waals surface area contributed by atoms with E-state index in [-0.39, 0.29) is 35.1 Å². The minimum absolute atomic E-state index is 0.0928. The summed E-state index contributed by atoms with van der Waals surface area (Å²) in [5, 5.41) is 10.3. The van der Waals surface area contributed by atoms with E-state index >= 15 is 0 Å². The molecule has 0 aromatic heterocycles. The van der Waals surface area contributed by atoms with Gasteiger partial charge in [0.25, 0.3) is 0 Å². The summed E-state index contributed by atoms with van der Waals surface area (Å²) in [6, 6.07) is 4.39. The van der Waals surface area contributed by atoms with E-state index in [1.165, 1.54) is 18.2 Å². The van der Waals surface area contributed by atoms with Crippen LogP contribution in [0, 0.1) is 11.8 Å². The molecule has 2 atom stereocenters. The molecule has 1 aromatic rings. The van der Waals surface area contributed by atoms with Crippen molar-refractivity contribution in [2.45, 2.75) is 25.7 Å². The molecule has 1 aromatic carbocycles. The Morgan fingerprint density at radius 3 is 2.26 bits per heavy atom. The van der Waals surface area contributed by atoms with Gasteiger partial charge in [0.05, 0.1) is 17.5 Å². The molecule has 1 heterocycles. The van der Waals surface area contributed by atoms with Gasteiger partial charge in [0, 0.05) is 5.02 Å². The third kappa shape index (κ3) is 1.91. The molecule has 0 radical (unpaired) electrons. The summed E-state index contributed by atoms with van der Waals surface area (Å²) in [6.07, 6.45) is 3.48. The number of aromatic hydroxyl groups is 1. The first-order valence-corrected chi connectivity index (χ1v) is 6.83. The Morgan fingerprint density at radius 1 is 1.11 bits per heavy atom. The number of hydrogen-bond acceptors (Lipinski definition) is 3. The third-order valence-electron chi connectivity index (χ3n) is 4.02. The van der Waals surface area contributed by atoms with E-state index in [2.05, 4.69) is 0 Å². The van der Waals surface area contributed by atoms with Crippen molar-refractivity contribution in [2.75, 3.05) is 4.90 Å². The lowest BCUT2D eigenvalue weighted by molar-refractivity contribution is -0.122. The fourth-order valence-corrected chi connectivity index (χ4v) is 3.24. The molecule has 2 fully saturated rings. The van der Waals surface area contributed by atoms with Gasteiger partial charge in [0.1, 0.15) is 5.75 Å². The number of imide groups is 1. The molecule has 1 aliphatic carbocycles. The molecule has 1 N–H and O–H groups in total. The van der Waals surface area contributed by atoms with Crippen LogP contribution in [0.5, 0.6) is 5.75 Å². The van der Waals surface area contributed by atoms with Gasteiger partial charge in [-0.25, -0.2) is 4.90 Å². The summed E-state index contributed by atoms with van der Waals surface area (Å²) in [6.45, 7) is 0. The van der Waals surface area contributed by atoms with Crippen LogP contribution in [0.25, 0.3) is 0 Å². The van der Waals surface area contributed by atoms with Crippen molar-refractivity contribution in [3.63, 3.8) is 0 Å². The maximum atomic E-state index is 12.4. The van der Waals surface area contributed by atoms with Crippen molar-refractivity contribution in [2.24, 2.45) is 11.8 Å². The number of benzene rings is 1. The van der Waals surface area contributed by atoms with E-state index in [1.807, 2.05) is 0 Å². The van der Waals surface area contributed by atoms with E-state index in [0.717, 1.165) is 30.6 Å². The molecular formula is C14H14ClNO3. The van der Waals surface area contributed by atoms with Crippen molar-refractivity contribution < 1.29 is 14.7 Å². The number of anilines is 1. The largest absolute Gasteiger partial charge is 0.506 e. The van der Waals surface area contributed by atoms with Crippen LogP contribution in [-0.4, -0.2) is 16.9 Å². The maximum Gasteiger partial charge on any atom is 0.237 e. The van der Waals surface area contributed by atoms with Gasteiger partial charge in [-0.1, -0.05) is 24.4 Å². The van der Waals surface area contributed by atoms with Gasteiger partial charge >= 0.3 is 0 Å². The van der Waals surface area contributed by atoms with Crippen molar-refractivity contribution in [3.8, 4) is 5.75 Å². The van der Waals surface area contributed by atoms with Gasteiger partial charge < -0.3 is 5.11 Å². The number of fused-ring (bicyclic) bond motifs is 1. The number of amides is 2. The van der Waals surface area contributed by atoms with Crippen LogP contribution in [0.1, 0.15) is 25.7 Å². The fourth-order valence-electron chi connectivity index (χ4n) is 3.08. The Bertz CT molecular complexity index is 534. The highest BCUT2D eigenvalue weighted by Gasteiger charge is 2.49. The molecule has 0 bridgehead atoms. The number of phenols is 1. The summed E-state index contributed by atoms with van der Waals surface area (Å²) >= 11 is 5.88. The second-order valence-corrected chi connectivity index (χ2v) is 5.58. The summed E-state index contributed by atoms with van der Waals surface area (Å²) in [4.78, 5) is 25.8. The molecular weight excluding hydrogens is 266 g/mol. The van der Waals surface area contributed by atoms with E-state index in [9.17, 15) is 14.7 Å². The molecule has 3 rings (SSSR count). The van der Waals surface area contributed by atoms with Crippen LogP contribution in [0.4, 0.5) is 5.69 Å². The smallest absolute Gasteiger partial charge is 0.237 e. The Balaban J connectivity index is 2.03. The Hall–Kier alpha value is -1.55. The molecule has 100 valence electrons. The Morgan fingerprint density at radius 2 is 1.68 bits per heavy atom. The molecule has 2 aliphatic rings. The Labute approximate surface area is 116 Å². The minimum Gasteiger partial charge on any atom is -0.506 e. The molecule has 2 unspecified atom stereocenters. The molecule has 0 spiro atoms. The predicted molar refractivity (Wildman–Crippen MR) is 71.1 cm³/mol. The number of rotatable bonds is 1. The number of carbonyl (C=O) groups excluding carboxylic acids is 2. The minimum atomic E-state index is -0.223. The highest BCUT2D eigenvalue weighted by Crippen LogP contribution is 2.42. The lowest BCUT2D eigenvalue weighted by atomic mass is 9.81. The van der Waals surface area contributed by atoms with Crippen LogP contribution < -0.4 is 4.90 Å². The van der Waals surface area contributed by atoms with Gasteiger partial charge in [-0.3, -0.25) is 9.59 Å². The fraction of sp³-hybridized carbons (Fsp3) is 0.429. The van der Waals surface area contributed by atoms with Crippen LogP contribution in [0.15, 0.2) is 18.2 Å². The second kappa shape index (κ2) is 4.53. The third-order valence-corrected chi connectivity index (χ3v) is 4.25. The molecule has 5 heteroatoms. The average molecular weight is 280 g/mol. The van der Waals surface area contributed by atoms with Gasteiger partial charge in [-0.05, 0) is 31.0 Å². The summed E-state index contributed by atoms with van der Waals surface area (Å²) in [7, 11) is 0. The van der Waals surface area contributed by atoms with Gasteiger partial charge in [0.2, 0.25) is 11.8 Å². The zero-order chi connectivity index (χ0) is 13.6. The quantitative estimate of drug-likeness (QED) is 0.804. The zero-order valence-corrected chi connectivity index (χ0v) is 11.1. The van der Waals surface area contributed by atoms with Crippen molar-refractivity contribution in [1.29, 1.82) is 0 Å². The predicted octanol–water partition coefficient (Wildman–Crippen LogP) is 2.73. The highest BCUT2D eigenvalue weighted by molar-refractivity contribution is 6.31. The normalized spacial score (nSPS) is 26.7. The van der Waals surface area contributed by atoms with Crippen LogP contribution in [0.3, 0.4) is 0 Å². The molecule has 1 saturated carbocycles. The average Bonchev–Trinajstić information content (AvgIpc) is 2.66. The van der Waals surface area contributed by atoms with Gasteiger partial charge in [-0.15, -0.1) is 0 Å². The number of nitrogens with zero attached hydrogens (tertiary/aromatic N) is 1. The first-order chi connectivity index (χ1) is 9.09. The standard InChI is InChI=1S/C14H14ClNO3/c15-8-5-6-12(17)11(7-8)16-13(18)9-3-1-2-4-10(9)14(16)19/h5-7,9-10,17H,1-4H2. The van der Waals surface area contributed by atoms with E-state index < -0.39 is 0 Å². The number of hydrogen-bond donors (Lipinski definition) is 1. The molecule has 19 heavy (non-hydrogen) atoms. The summed E-state index contributed by atoms with van der Waals surface area (Å²) < 4.78 is 0. The molecule has 1 saturated heterocycles. The van der Waals surface area contributed by atoms with Crippen molar-refractivity contribution in [3.05, 3.63) is 23.2 Å². The molecule has 2 amide bonds. The first-order valence-electron chi connectivity index (χ1n) is 6.46. The highest BCUT2D eigenvalue weighted by atomic mass is 35.5. The van der Waals surface area contributed by atoms with Gasteiger partial charge in [-0.2, -0.15) is 0 Å². The lowest BCUT2D eigenvalue weighted by Crippen LogP contribution is -2.30. The number of phenolic OH excluding ortho intramolecular Hbond substituents is 1. The number of halogens is 1. The zero-order valence-electron chi connectivity index (χ0n) is 10.3. The molecule has 4 nitrogen and oxygen atoms in total. The Kier molecular flexibility index (Phi) is 2.97. The summed E-state index contributed by atoms with van der Waals surface area (Å²) in [5.74, 6) is -0.941. The second-order valence-electron chi connectivity index (χ2n) is 5.14. The lowest BCUT2D eigenvalue weighted by Gasteiger charge is -2.19. The van der Waals surface area contributed by atoms with Crippen LogP contribution >= 0.6 is 11.6 Å². The summed E-state index contributed by atoms with van der Waals surface area (Å²) in [5.41, 5.74) is 0.205. The number of carbonyl (C=O) groups is 2. The van der Waals surface area contributed by atoms with Crippen LogP contribution in [-0.2, 0) is 9.59 Å². The SMILES string of the molecule is O=C1C2CCCCC2C(=O)N1c1cc(Cl)ccc1O. The first kappa shape index (κ1) is 12.5. The van der Waals surface area contributed by atoms with E-state index in [0.29, 0.717) is 5.02 Å². The van der Waals surface area contributed by atoms with E-state index in [4.69, 9.17) is 11.6 Å². The molecule has 1 aliphatic heterocycles. The van der Waals surface area contributed by atoms with Gasteiger partial charge in [0.15, 0.2) is 0 Å². The van der Waals surface area contributed by atoms with Crippen molar-refractivity contribution >= 4 is 29.1 Å². The van der Waals surface area contributed by atoms with Crippen LogP contribution in [0.2, 0.25) is 5.02 Å². The monoisotopic (exact) mass is 279 g/mol. The van der Waals surface area contributed by atoms with Crippen molar-refractivity contribution in [1.82, 2.24) is 0 Å².